The fraction of sp³-hybridized carbons (Fsp3) is 0.273. The summed E-state index contributed by atoms with van der Waals surface area (Å²) in [7, 11) is 1.83. The van der Waals surface area contributed by atoms with Gasteiger partial charge in [-0.2, -0.15) is 5.10 Å². The average Bonchev–Trinajstić information content (AvgIpc) is 2.81. The first-order valence-electron chi connectivity index (χ1n) is 5.25. The second kappa shape index (κ2) is 3.33. The fourth-order valence-electron chi connectivity index (χ4n) is 2.38. The van der Waals surface area contributed by atoms with Gasteiger partial charge in [-0.15, -0.1) is 0 Å². The van der Waals surface area contributed by atoms with Gasteiger partial charge in [0.1, 0.15) is 0 Å². The van der Waals surface area contributed by atoms with Gasteiger partial charge in [-0.1, -0.05) is 11.3 Å². The Kier molecular flexibility index (Phi) is 2.03. The number of hydrogen-bond acceptors (Lipinski definition) is 4. The number of amides is 1. The van der Waals surface area contributed by atoms with Crippen LogP contribution in [0.25, 0.3) is 11.3 Å². The zero-order valence-electron chi connectivity index (χ0n) is 9.23. The number of rotatable bonds is 1. The molecular weight excluding hydrogens is 238 g/mol. The molecule has 3 N–H and O–H groups in total. The van der Waals surface area contributed by atoms with Crippen molar-refractivity contribution in [3.63, 3.8) is 0 Å². The number of aromatic nitrogens is 2. The van der Waals surface area contributed by atoms with Gasteiger partial charge < -0.3 is 10.8 Å². The molecule has 0 fully saturated rings. The van der Waals surface area contributed by atoms with Crippen molar-refractivity contribution < 1.29 is 9.90 Å². The number of carbonyl (C=O) groups excluding carboxylic acids is 1. The molecule has 3 rings (SSSR count). The lowest BCUT2D eigenvalue weighted by molar-refractivity contribution is 0.100. The fourth-order valence-corrected chi connectivity index (χ4v) is 3.32. The molecule has 2 aromatic rings. The minimum Gasteiger partial charge on any atom is -0.499 e. The number of primary amides is 1. The van der Waals surface area contributed by atoms with E-state index in [0.29, 0.717) is 4.88 Å². The van der Waals surface area contributed by atoms with E-state index in [9.17, 15) is 9.90 Å². The minimum absolute atomic E-state index is 0.151. The second-order valence-electron chi connectivity index (χ2n) is 4.10. The molecule has 0 aliphatic heterocycles. The molecule has 2 aromatic heterocycles. The number of thiophene rings is 1. The SMILES string of the molecule is Cn1ncc2c1-c1c(O)sc(C(N)=O)c1CC2. The van der Waals surface area contributed by atoms with Crippen molar-refractivity contribution in [2.24, 2.45) is 12.8 Å². The largest absolute Gasteiger partial charge is 0.499 e. The van der Waals surface area contributed by atoms with Gasteiger partial charge in [0.25, 0.3) is 5.91 Å². The first kappa shape index (κ1) is 10.3. The van der Waals surface area contributed by atoms with Crippen LogP contribution in [0, 0.1) is 0 Å². The summed E-state index contributed by atoms with van der Waals surface area (Å²) < 4.78 is 1.73. The van der Waals surface area contributed by atoms with Crippen LogP contribution in [0.5, 0.6) is 5.06 Å². The zero-order valence-corrected chi connectivity index (χ0v) is 10.0. The second-order valence-corrected chi connectivity index (χ2v) is 5.10. The monoisotopic (exact) mass is 249 g/mol. The predicted molar refractivity (Wildman–Crippen MR) is 64.1 cm³/mol. The van der Waals surface area contributed by atoms with Crippen LogP contribution >= 0.6 is 11.3 Å². The van der Waals surface area contributed by atoms with Gasteiger partial charge >= 0.3 is 0 Å². The van der Waals surface area contributed by atoms with E-state index in [1.54, 1.807) is 10.9 Å². The van der Waals surface area contributed by atoms with Gasteiger partial charge in [-0.3, -0.25) is 9.48 Å². The van der Waals surface area contributed by atoms with E-state index in [2.05, 4.69) is 5.10 Å². The number of aryl methyl sites for hydroxylation is 2. The van der Waals surface area contributed by atoms with E-state index in [-0.39, 0.29) is 5.06 Å². The maximum Gasteiger partial charge on any atom is 0.259 e. The minimum atomic E-state index is -0.475. The molecule has 1 aliphatic rings. The lowest BCUT2D eigenvalue weighted by Crippen LogP contribution is -2.13. The molecule has 0 radical (unpaired) electrons. The Morgan fingerprint density at radius 2 is 2.35 bits per heavy atom. The van der Waals surface area contributed by atoms with E-state index in [4.69, 9.17) is 5.73 Å². The summed E-state index contributed by atoms with van der Waals surface area (Å²) in [6.45, 7) is 0. The lowest BCUT2D eigenvalue weighted by Gasteiger charge is -2.14. The van der Waals surface area contributed by atoms with E-state index >= 15 is 0 Å². The Morgan fingerprint density at radius 3 is 3.06 bits per heavy atom. The Bertz CT molecular complexity index is 627. The van der Waals surface area contributed by atoms with Gasteiger partial charge in [0.05, 0.1) is 22.3 Å². The summed E-state index contributed by atoms with van der Waals surface area (Å²) in [4.78, 5) is 11.8. The molecule has 0 saturated carbocycles. The van der Waals surface area contributed by atoms with Crippen molar-refractivity contribution in [1.82, 2.24) is 9.78 Å². The van der Waals surface area contributed by atoms with Crippen LogP contribution in [0.3, 0.4) is 0 Å². The Hall–Kier alpha value is -1.82. The number of nitrogens with two attached hydrogens (primary N) is 1. The molecule has 0 saturated heterocycles. The predicted octanol–water partition coefficient (Wildman–Crippen LogP) is 1.05. The van der Waals surface area contributed by atoms with Gasteiger partial charge in [0.15, 0.2) is 5.06 Å². The normalized spacial score (nSPS) is 13.2. The third-order valence-corrected chi connectivity index (χ3v) is 4.16. The van der Waals surface area contributed by atoms with Gasteiger partial charge in [-0.25, -0.2) is 0 Å². The van der Waals surface area contributed by atoms with E-state index in [1.807, 2.05) is 7.05 Å². The summed E-state index contributed by atoms with van der Waals surface area (Å²) >= 11 is 1.05. The molecule has 1 amide bonds. The molecule has 2 heterocycles. The summed E-state index contributed by atoms with van der Waals surface area (Å²) in [6.07, 6.45) is 3.36. The van der Waals surface area contributed by atoms with Gasteiger partial charge in [0, 0.05) is 7.05 Å². The quantitative estimate of drug-likeness (QED) is 0.792. The molecule has 6 heteroatoms. The number of aromatic hydroxyl groups is 1. The third-order valence-electron chi connectivity index (χ3n) is 3.11. The third kappa shape index (κ3) is 1.30. The summed E-state index contributed by atoms with van der Waals surface area (Å²) in [5.74, 6) is -0.475. The van der Waals surface area contributed by atoms with Crippen LogP contribution in [-0.2, 0) is 19.9 Å². The average molecular weight is 249 g/mol. The van der Waals surface area contributed by atoms with Crippen LogP contribution < -0.4 is 5.73 Å². The van der Waals surface area contributed by atoms with Crippen LogP contribution in [0.4, 0.5) is 0 Å². The molecule has 1 aliphatic carbocycles. The summed E-state index contributed by atoms with van der Waals surface area (Å²) in [5, 5.41) is 14.3. The molecule has 5 nitrogen and oxygen atoms in total. The Balaban J connectivity index is 2.33. The van der Waals surface area contributed by atoms with Crippen molar-refractivity contribution >= 4 is 17.2 Å². The zero-order chi connectivity index (χ0) is 12.2. The van der Waals surface area contributed by atoms with Gasteiger partial charge in [0.2, 0.25) is 0 Å². The van der Waals surface area contributed by atoms with E-state index in [1.165, 1.54) is 0 Å². The van der Waals surface area contributed by atoms with E-state index < -0.39 is 5.91 Å². The van der Waals surface area contributed by atoms with E-state index in [0.717, 1.165) is 46.6 Å². The van der Waals surface area contributed by atoms with Crippen molar-refractivity contribution in [2.75, 3.05) is 0 Å². The molecule has 0 bridgehead atoms. The van der Waals surface area contributed by atoms with Gasteiger partial charge in [-0.05, 0) is 24.0 Å². The molecule has 17 heavy (non-hydrogen) atoms. The molecule has 0 unspecified atom stereocenters. The molecule has 88 valence electrons. The van der Waals surface area contributed by atoms with Crippen LogP contribution in [-0.4, -0.2) is 20.8 Å². The highest BCUT2D eigenvalue weighted by molar-refractivity contribution is 7.16. The molecule has 0 spiro atoms. The number of fused-ring (bicyclic) bond motifs is 3. The topological polar surface area (TPSA) is 81.1 Å². The molecule has 0 atom stereocenters. The van der Waals surface area contributed by atoms with Crippen LogP contribution in [0.1, 0.15) is 20.8 Å². The Morgan fingerprint density at radius 1 is 1.59 bits per heavy atom. The first-order valence-corrected chi connectivity index (χ1v) is 6.07. The van der Waals surface area contributed by atoms with Crippen LogP contribution in [0.15, 0.2) is 6.20 Å². The highest BCUT2D eigenvalue weighted by Crippen LogP contribution is 2.46. The number of hydrogen-bond donors (Lipinski definition) is 2. The molecule has 0 aromatic carbocycles. The van der Waals surface area contributed by atoms with Crippen molar-refractivity contribution in [3.05, 3.63) is 22.2 Å². The number of nitrogens with zero attached hydrogens (tertiary/aromatic N) is 2. The highest BCUT2D eigenvalue weighted by Gasteiger charge is 2.29. The maximum absolute atomic E-state index is 11.3. The van der Waals surface area contributed by atoms with Crippen LogP contribution in [0.2, 0.25) is 0 Å². The highest BCUT2D eigenvalue weighted by atomic mass is 32.1. The van der Waals surface area contributed by atoms with Crippen molar-refractivity contribution in [1.29, 1.82) is 0 Å². The standard InChI is InChI=1S/C11H11N3O2S/c1-14-8-5(4-13-14)2-3-6-7(8)11(16)17-9(6)10(12)15/h4,16H,2-3H2,1H3,(H2,12,15). The lowest BCUT2D eigenvalue weighted by atomic mass is 9.91. The number of carbonyl (C=O) groups is 1. The summed E-state index contributed by atoms with van der Waals surface area (Å²) in [5.41, 5.74) is 8.90. The summed E-state index contributed by atoms with van der Waals surface area (Å²) in [6, 6.07) is 0. The Labute approximate surface area is 101 Å². The smallest absolute Gasteiger partial charge is 0.259 e. The van der Waals surface area contributed by atoms with Crippen molar-refractivity contribution in [2.45, 2.75) is 12.8 Å². The van der Waals surface area contributed by atoms with Crippen molar-refractivity contribution in [3.8, 4) is 16.3 Å². The maximum atomic E-state index is 11.3. The first-order chi connectivity index (χ1) is 8.09. The molecular formula is C11H11N3O2S.